The monoisotopic (exact) mass is 403 g/mol. The SMILES string of the molecule is Cc1ccc(C)c(S(=O)(=O)N(C)c2ccc(OC(=O)C3=COCCO3)cc2)c1. The lowest BCUT2D eigenvalue weighted by molar-refractivity contribution is -0.135. The third kappa shape index (κ3) is 4.12. The molecule has 0 spiro atoms. The summed E-state index contributed by atoms with van der Waals surface area (Å²) in [7, 11) is -2.24. The van der Waals surface area contributed by atoms with Crippen molar-refractivity contribution in [1.29, 1.82) is 0 Å². The Hall–Kier alpha value is -3.00. The number of aryl methyl sites for hydroxylation is 2. The van der Waals surface area contributed by atoms with E-state index in [4.69, 9.17) is 14.2 Å². The Morgan fingerprint density at radius 2 is 1.79 bits per heavy atom. The summed E-state index contributed by atoms with van der Waals surface area (Å²) in [6, 6.07) is 11.5. The van der Waals surface area contributed by atoms with E-state index >= 15 is 0 Å². The first-order valence-electron chi connectivity index (χ1n) is 8.62. The van der Waals surface area contributed by atoms with Crippen molar-refractivity contribution in [3.63, 3.8) is 0 Å². The molecule has 0 fully saturated rings. The first kappa shape index (κ1) is 19.8. The molecule has 0 bridgehead atoms. The van der Waals surface area contributed by atoms with Gasteiger partial charge in [0.1, 0.15) is 25.2 Å². The van der Waals surface area contributed by atoms with Crippen molar-refractivity contribution in [3.05, 3.63) is 65.6 Å². The summed E-state index contributed by atoms with van der Waals surface area (Å²) in [5.74, 6) is -0.421. The van der Waals surface area contributed by atoms with Crippen LogP contribution in [0.25, 0.3) is 0 Å². The number of anilines is 1. The van der Waals surface area contributed by atoms with Gasteiger partial charge in [0.05, 0.1) is 10.6 Å². The third-order valence-corrected chi connectivity index (χ3v) is 6.17. The van der Waals surface area contributed by atoms with Gasteiger partial charge < -0.3 is 14.2 Å². The van der Waals surface area contributed by atoms with Gasteiger partial charge in [-0.15, -0.1) is 0 Å². The van der Waals surface area contributed by atoms with Crippen molar-refractivity contribution in [2.24, 2.45) is 0 Å². The Morgan fingerprint density at radius 3 is 2.43 bits per heavy atom. The van der Waals surface area contributed by atoms with E-state index in [1.165, 1.54) is 29.7 Å². The standard InChI is InChI=1S/C20H21NO6S/c1-14-4-5-15(2)19(12-14)28(23,24)21(3)16-6-8-17(9-7-16)27-20(22)18-13-25-10-11-26-18/h4-9,12-13H,10-11H2,1-3H3. The van der Waals surface area contributed by atoms with Gasteiger partial charge in [-0.2, -0.15) is 0 Å². The van der Waals surface area contributed by atoms with E-state index in [1.54, 1.807) is 31.2 Å². The molecule has 0 saturated carbocycles. The maximum absolute atomic E-state index is 13.0. The summed E-state index contributed by atoms with van der Waals surface area (Å²) >= 11 is 0. The van der Waals surface area contributed by atoms with Gasteiger partial charge in [-0.05, 0) is 55.3 Å². The average Bonchev–Trinajstić information content (AvgIpc) is 2.70. The van der Waals surface area contributed by atoms with Gasteiger partial charge in [0.25, 0.3) is 10.0 Å². The topological polar surface area (TPSA) is 82.1 Å². The smallest absolute Gasteiger partial charge is 0.382 e. The summed E-state index contributed by atoms with van der Waals surface area (Å²) in [6.45, 7) is 4.26. The first-order valence-corrected chi connectivity index (χ1v) is 10.1. The second-order valence-corrected chi connectivity index (χ2v) is 8.26. The molecule has 0 atom stereocenters. The Bertz CT molecular complexity index is 1010. The van der Waals surface area contributed by atoms with Crippen LogP contribution in [0.15, 0.2) is 59.4 Å². The molecular weight excluding hydrogens is 382 g/mol. The molecule has 0 unspecified atom stereocenters. The third-order valence-electron chi connectivity index (χ3n) is 4.24. The molecule has 8 heteroatoms. The predicted octanol–water partition coefficient (Wildman–Crippen LogP) is 2.92. The molecule has 3 rings (SSSR count). The molecule has 0 saturated heterocycles. The summed E-state index contributed by atoms with van der Waals surface area (Å²) < 4.78 is 42.6. The largest absolute Gasteiger partial charge is 0.493 e. The van der Waals surface area contributed by atoms with E-state index in [9.17, 15) is 13.2 Å². The highest BCUT2D eigenvalue weighted by Gasteiger charge is 2.24. The lowest BCUT2D eigenvalue weighted by Gasteiger charge is -2.21. The minimum Gasteiger partial charge on any atom is -0.493 e. The summed E-state index contributed by atoms with van der Waals surface area (Å²) in [6.07, 6.45) is 1.21. The zero-order chi connectivity index (χ0) is 20.3. The van der Waals surface area contributed by atoms with Gasteiger partial charge >= 0.3 is 5.97 Å². The minimum atomic E-state index is -3.72. The minimum absolute atomic E-state index is 0.00931. The molecule has 0 radical (unpaired) electrons. The van der Waals surface area contributed by atoms with Crippen molar-refractivity contribution in [2.75, 3.05) is 24.6 Å². The first-order chi connectivity index (χ1) is 13.3. The molecule has 0 N–H and O–H groups in total. The van der Waals surface area contributed by atoms with Gasteiger partial charge in [-0.25, -0.2) is 13.2 Å². The van der Waals surface area contributed by atoms with Crippen molar-refractivity contribution in [2.45, 2.75) is 18.7 Å². The fourth-order valence-electron chi connectivity index (χ4n) is 2.63. The number of hydrogen-bond acceptors (Lipinski definition) is 6. The maximum atomic E-state index is 13.0. The number of carbonyl (C=O) groups excluding carboxylic acids is 1. The average molecular weight is 403 g/mol. The quantitative estimate of drug-likeness (QED) is 0.564. The highest BCUT2D eigenvalue weighted by atomic mass is 32.2. The molecule has 28 heavy (non-hydrogen) atoms. The van der Waals surface area contributed by atoms with E-state index in [2.05, 4.69) is 0 Å². The van der Waals surface area contributed by atoms with Crippen LogP contribution in [0, 0.1) is 13.8 Å². The second kappa shape index (κ2) is 7.93. The molecule has 148 valence electrons. The van der Waals surface area contributed by atoms with Gasteiger partial charge in [-0.1, -0.05) is 12.1 Å². The van der Waals surface area contributed by atoms with E-state index in [1.807, 2.05) is 13.0 Å². The number of nitrogens with zero attached hydrogens (tertiary/aromatic N) is 1. The number of sulfonamides is 1. The van der Waals surface area contributed by atoms with Crippen LogP contribution in [0.4, 0.5) is 5.69 Å². The lowest BCUT2D eigenvalue weighted by Crippen LogP contribution is -2.27. The molecule has 1 heterocycles. The number of rotatable bonds is 5. The van der Waals surface area contributed by atoms with E-state index in [-0.39, 0.29) is 23.0 Å². The molecule has 0 amide bonds. The Balaban J connectivity index is 1.78. The molecule has 1 aliphatic rings. The number of carbonyl (C=O) groups is 1. The van der Waals surface area contributed by atoms with Crippen LogP contribution in [0.2, 0.25) is 0 Å². The molecule has 2 aromatic carbocycles. The predicted molar refractivity (Wildman–Crippen MR) is 104 cm³/mol. The molecule has 1 aliphatic heterocycles. The fraction of sp³-hybridized carbons (Fsp3) is 0.250. The van der Waals surface area contributed by atoms with Crippen LogP contribution < -0.4 is 9.04 Å². The van der Waals surface area contributed by atoms with Crippen LogP contribution in [0.5, 0.6) is 5.75 Å². The maximum Gasteiger partial charge on any atom is 0.382 e. The second-order valence-electron chi connectivity index (χ2n) is 6.33. The van der Waals surface area contributed by atoms with Gasteiger partial charge in [0.2, 0.25) is 5.76 Å². The Morgan fingerprint density at radius 1 is 1.07 bits per heavy atom. The van der Waals surface area contributed by atoms with Crippen LogP contribution in [-0.2, 0) is 24.3 Å². The molecule has 7 nitrogen and oxygen atoms in total. The van der Waals surface area contributed by atoms with Crippen molar-refractivity contribution >= 4 is 21.7 Å². The summed E-state index contributed by atoms with van der Waals surface area (Å²) in [4.78, 5) is 12.3. The van der Waals surface area contributed by atoms with Gasteiger partial charge in [-0.3, -0.25) is 4.31 Å². The van der Waals surface area contributed by atoms with Crippen molar-refractivity contribution in [3.8, 4) is 5.75 Å². The van der Waals surface area contributed by atoms with Crippen LogP contribution in [0.3, 0.4) is 0 Å². The molecular formula is C20H21NO6S. The number of hydrogen-bond donors (Lipinski definition) is 0. The van der Waals surface area contributed by atoms with Crippen LogP contribution >= 0.6 is 0 Å². The number of esters is 1. The fourth-order valence-corrected chi connectivity index (χ4v) is 4.13. The Labute approximate surface area is 164 Å². The van der Waals surface area contributed by atoms with E-state index in [0.29, 0.717) is 17.9 Å². The van der Waals surface area contributed by atoms with Crippen molar-refractivity contribution < 1.29 is 27.4 Å². The van der Waals surface area contributed by atoms with E-state index < -0.39 is 16.0 Å². The van der Waals surface area contributed by atoms with Crippen LogP contribution in [-0.4, -0.2) is 34.6 Å². The zero-order valence-electron chi connectivity index (χ0n) is 15.8. The van der Waals surface area contributed by atoms with Crippen LogP contribution in [0.1, 0.15) is 11.1 Å². The van der Waals surface area contributed by atoms with Gasteiger partial charge in [0, 0.05) is 7.05 Å². The van der Waals surface area contributed by atoms with E-state index in [0.717, 1.165) is 5.56 Å². The highest BCUT2D eigenvalue weighted by molar-refractivity contribution is 7.92. The lowest BCUT2D eigenvalue weighted by atomic mass is 10.2. The zero-order valence-corrected chi connectivity index (χ0v) is 16.7. The number of ether oxygens (including phenoxy) is 3. The Kier molecular flexibility index (Phi) is 5.60. The molecule has 0 aliphatic carbocycles. The highest BCUT2D eigenvalue weighted by Crippen LogP contribution is 2.27. The van der Waals surface area contributed by atoms with Crippen molar-refractivity contribution in [1.82, 2.24) is 0 Å². The normalized spacial score (nSPS) is 13.8. The molecule has 0 aromatic heterocycles. The number of benzene rings is 2. The summed E-state index contributed by atoms with van der Waals surface area (Å²) in [5, 5.41) is 0. The van der Waals surface area contributed by atoms with Gasteiger partial charge in [0.15, 0.2) is 0 Å². The summed E-state index contributed by atoms with van der Waals surface area (Å²) in [5.41, 5.74) is 1.98. The molecule has 2 aromatic rings.